The van der Waals surface area contributed by atoms with Gasteiger partial charge in [-0.15, -0.1) is 0 Å². The molecule has 5 nitrogen and oxygen atoms in total. The van der Waals surface area contributed by atoms with Crippen LogP contribution in [-0.4, -0.2) is 19.2 Å². The van der Waals surface area contributed by atoms with Crippen LogP contribution < -0.4 is 15.2 Å². The first-order chi connectivity index (χ1) is 12.6. The van der Waals surface area contributed by atoms with Crippen LogP contribution in [0.15, 0.2) is 48.5 Å². The van der Waals surface area contributed by atoms with Gasteiger partial charge in [-0.3, -0.25) is 0 Å². The summed E-state index contributed by atoms with van der Waals surface area (Å²) in [5.74, 6) is 0.958. The molecule has 0 amide bonds. The van der Waals surface area contributed by atoms with Crippen LogP contribution in [0.5, 0.6) is 11.5 Å². The Labute approximate surface area is 150 Å². The number of ether oxygens (including phenoxy) is 2. The molecule has 0 unspecified atom stereocenters. The minimum absolute atomic E-state index is 0.0918. The molecule has 0 saturated heterocycles. The number of hydrogen-bond acceptors (Lipinski definition) is 5. The standard InChI is InChI=1S/C20H16FN3O2/c1-25-14-7-8-19(26-2)16(9-14)18-10-15(17(11-22)20(23)24-18)12-3-5-13(21)6-4-12/h3-10H,1-2H3,(H2,23,24). The lowest BCUT2D eigenvalue weighted by molar-refractivity contribution is 0.404. The number of methoxy groups -OCH3 is 2. The fourth-order valence-corrected chi connectivity index (χ4v) is 2.69. The Morgan fingerprint density at radius 3 is 2.35 bits per heavy atom. The minimum atomic E-state index is -0.357. The summed E-state index contributed by atoms with van der Waals surface area (Å²) in [6, 6.07) is 15.0. The van der Waals surface area contributed by atoms with Gasteiger partial charge >= 0.3 is 0 Å². The van der Waals surface area contributed by atoms with E-state index in [9.17, 15) is 9.65 Å². The molecule has 2 N–H and O–H groups in total. The van der Waals surface area contributed by atoms with Crippen LogP contribution in [0.2, 0.25) is 0 Å². The summed E-state index contributed by atoms with van der Waals surface area (Å²) in [7, 11) is 3.12. The number of nitrogens with zero attached hydrogens (tertiary/aromatic N) is 2. The van der Waals surface area contributed by atoms with Crippen LogP contribution in [0.3, 0.4) is 0 Å². The summed E-state index contributed by atoms with van der Waals surface area (Å²) >= 11 is 0. The number of aromatic nitrogens is 1. The first-order valence-corrected chi connectivity index (χ1v) is 7.76. The van der Waals surface area contributed by atoms with Crippen LogP contribution in [-0.2, 0) is 0 Å². The second kappa shape index (κ2) is 7.11. The maximum Gasteiger partial charge on any atom is 0.142 e. The number of nitriles is 1. The first-order valence-electron chi connectivity index (χ1n) is 7.76. The number of pyridine rings is 1. The molecule has 6 heteroatoms. The molecule has 0 bridgehead atoms. The van der Waals surface area contributed by atoms with Crippen molar-refractivity contribution >= 4 is 5.82 Å². The minimum Gasteiger partial charge on any atom is -0.497 e. The summed E-state index contributed by atoms with van der Waals surface area (Å²) in [6.07, 6.45) is 0. The highest BCUT2D eigenvalue weighted by Gasteiger charge is 2.16. The van der Waals surface area contributed by atoms with E-state index in [1.165, 1.54) is 12.1 Å². The molecule has 0 aliphatic heterocycles. The molecule has 3 rings (SSSR count). The Bertz CT molecular complexity index is 995. The van der Waals surface area contributed by atoms with Crippen LogP contribution in [0, 0.1) is 17.1 Å². The fraction of sp³-hybridized carbons (Fsp3) is 0.100. The molecule has 3 aromatic rings. The van der Waals surface area contributed by atoms with E-state index in [2.05, 4.69) is 11.1 Å². The summed E-state index contributed by atoms with van der Waals surface area (Å²) in [4.78, 5) is 4.35. The summed E-state index contributed by atoms with van der Waals surface area (Å²) < 4.78 is 23.9. The molecule has 0 fully saturated rings. The van der Waals surface area contributed by atoms with Crippen LogP contribution in [0.1, 0.15) is 5.56 Å². The predicted molar refractivity (Wildman–Crippen MR) is 97.3 cm³/mol. The first kappa shape index (κ1) is 17.2. The molecule has 0 aliphatic carbocycles. The van der Waals surface area contributed by atoms with Crippen molar-refractivity contribution in [3.63, 3.8) is 0 Å². The number of hydrogen-bond donors (Lipinski definition) is 1. The van der Waals surface area contributed by atoms with Crippen molar-refractivity contribution in [3.8, 4) is 40.0 Å². The SMILES string of the molecule is COc1ccc(OC)c(-c2cc(-c3ccc(F)cc3)c(C#N)c(N)n2)c1. The van der Waals surface area contributed by atoms with Crippen LogP contribution >= 0.6 is 0 Å². The summed E-state index contributed by atoms with van der Waals surface area (Å²) in [5, 5.41) is 9.47. The highest BCUT2D eigenvalue weighted by Crippen LogP contribution is 2.36. The van der Waals surface area contributed by atoms with Gasteiger partial charge in [-0.1, -0.05) is 12.1 Å². The van der Waals surface area contributed by atoms with E-state index >= 15 is 0 Å². The molecule has 0 atom stereocenters. The average molecular weight is 349 g/mol. The maximum atomic E-state index is 13.3. The molecule has 0 spiro atoms. The Morgan fingerprint density at radius 2 is 1.73 bits per heavy atom. The van der Waals surface area contributed by atoms with E-state index in [1.807, 2.05) is 0 Å². The number of rotatable bonds is 4. The van der Waals surface area contributed by atoms with Crippen LogP contribution in [0.4, 0.5) is 10.2 Å². The number of anilines is 1. The Hall–Kier alpha value is -3.59. The quantitative estimate of drug-likeness (QED) is 0.769. The number of nitrogens with two attached hydrogens (primary N) is 1. The Morgan fingerprint density at radius 1 is 1.00 bits per heavy atom. The molecule has 26 heavy (non-hydrogen) atoms. The zero-order chi connectivity index (χ0) is 18.7. The zero-order valence-electron chi connectivity index (χ0n) is 14.3. The van der Waals surface area contributed by atoms with Crippen LogP contribution in [0.25, 0.3) is 22.4 Å². The van der Waals surface area contributed by atoms with Gasteiger partial charge in [0.05, 0.1) is 19.9 Å². The van der Waals surface area contributed by atoms with Gasteiger partial charge in [-0.2, -0.15) is 5.26 Å². The summed E-state index contributed by atoms with van der Waals surface area (Å²) in [6.45, 7) is 0. The third kappa shape index (κ3) is 3.15. The van der Waals surface area contributed by atoms with Gasteiger partial charge in [-0.25, -0.2) is 9.37 Å². The lowest BCUT2D eigenvalue weighted by Crippen LogP contribution is -2.01. The van der Waals surface area contributed by atoms with Crippen molar-refractivity contribution in [2.45, 2.75) is 0 Å². The van der Waals surface area contributed by atoms with Crippen molar-refractivity contribution < 1.29 is 13.9 Å². The van der Waals surface area contributed by atoms with Crippen molar-refractivity contribution in [1.82, 2.24) is 4.98 Å². The molecule has 0 radical (unpaired) electrons. The van der Waals surface area contributed by atoms with Gasteiger partial charge in [0.15, 0.2) is 0 Å². The van der Waals surface area contributed by atoms with E-state index in [1.54, 1.807) is 50.6 Å². The van der Waals surface area contributed by atoms with Crippen molar-refractivity contribution in [2.24, 2.45) is 0 Å². The van der Waals surface area contributed by atoms with E-state index in [0.29, 0.717) is 33.9 Å². The molecule has 2 aromatic carbocycles. The van der Waals surface area contributed by atoms with Gasteiger partial charge in [-0.05, 0) is 42.0 Å². The molecular weight excluding hydrogens is 333 g/mol. The van der Waals surface area contributed by atoms with E-state index in [0.717, 1.165) is 0 Å². The van der Waals surface area contributed by atoms with E-state index in [4.69, 9.17) is 15.2 Å². The topological polar surface area (TPSA) is 81.2 Å². The largest absolute Gasteiger partial charge is 0.497 e. The van der Waals surface area contributed by atoms with Gasteiger partial charge in [0.2, 0.25) is 0 Å². The maximum absolute atomic E-state index is 13.3. The zero-order valence-corrected chi connectivity index (χ0v) is 14.3. The fourth-order valence-electron chi connectivity index (χ4n) is 2.69. The average Bonchev–Trinajstić information content (AvgIpc) is 2.67. The summed E-state index contributed by atoms with van der Waals surface area (Å²) in [5.41, 5.74) is 8.69. The molecule has 0 aliphatic rings. The van der Waals surface area contributed by atoms with E-state index < -0.39 is 0 Å². The lowest BCUT2D eigenvalue weighted by atomic mass is 9.98. The smallest absolute Gasteiger partial charge is 0.142 e. The molecule has 130 valence electrons. The second-order valence-corrected chi connectivity index (χ2v) is 5.50. The van der Waals surface area contributed by atoms with E-state index in [-0.39, 0.29) is 17.2 Å². The highest BCUT2D eigenvalue weighted by atomic mass is 19.1. The molecule has 0 saturated carbocycles. The lowest BCUT2D eigenvalue weighted by Gasteiger charge is -2.13. The van der Waals surface area contributed by atoms with Crippen molar-refractivity contribution in [3.05, 3.63) is 59.9 Å². The van der Waals surface area contributed by atoms with Crippen molar-refractivity contribution in [1.29, 1.82) is 5.26 Å². The van der Waals surface area contributed by atoms with Gasteiger partial charge in [0.25, 0.3) is 0 Å². The normalized spacial score (nSPS) is 10.2. The predicted octanol–water partition coefficient (Wildman–Crippen LogP) is 4.03. The number of halogens is 1. The number of benzene rings is 2. The number of nitrogen functional groups attached to an aromatic ring is 1. The van der Waals surface area contributed by atoms with Crippen molar-refractivity contribution in [2.75, 3.05) is 20.0 Å². The van der Waals surface area contributed by atoms with Gasteiger partial charge in [0.1, 0.15) is 34.8 Å². The monoisotopic (exact) mass is 349 g/mol. The van der Waals surface area contributed by atoms with Gasteiger partial charge < -0.3 is 15.2 Å². The molecular formula is C20H16FN3O2. The highest BCUT2D eigenvalue weighted by molar-refractivity contribution is 5.81. The third-order valence-electron chi connectivity index (χ3n) is 4.00. The van der Waals surface area contributed by atoms with Gasteiger partial charge in [0, 0.05) is 11.1 Å². The Balaban J connectivity index is 2.25. The second-order valence-electron chi connectivity index (χ2n) is 5.50. The third-order valence-corrected chi connectivity index (χ3v) is 4.00. The Kier molecular flexibility index (Phi) is 4.72. The molecule has 1 heterocycles. The molecule has 1 aromatic heterocycles.